The second-order valence-electron chi connectivity index (χ2n) is 7.09. The van der Waals surface area contributed by atoms with E-state index < -0.39 is 11.7 Å². The summed E-state index contributed by atoms with van der Waals surface area (Å²) in [5, 5.41) is 4.44. The van der Waals surface area contributed by atoms with Crippen LogP contribution < -0.4 is 5.32 Å². The van der Waals surface area contributed by atoms with Gasteiger partial charge in [-0.25, -0.2) is 0 Å². The second kappa shape index (κ2) is 8.13. The van der Waals surface area contributed by atoms with Gasteiger partial charge in [0, 0.05) is 36.7 Å². The highest BCUT2D eigenvalue weighted by Gasteiger charge is 2.30. The summed E-state index contributed by atoms with van der Waals surface area (Å²) in [4.78, 5) is 0. The van der Waals surface area contributed by atoms with Gasteiger partial charge in [-0.3, -0.25) is 0 Å². The van der Waals surface area contributed by atoms with Gasteiger partial charge in [0.05, 0.1) is 5.56 Å². The summed E-state index contributed by atoms with van der Waals surface area (Å²) in [5.74, 6) is 0. The number of nitrogens with one attached hydrogen (secondary N) is 1. The molecule has 4 aromatic rings. The molecule has 3 aromatic carbocycles. The molecule has 0 aliphatic heterocycles. The second-order valence-corrected chi connectivity index (χ2v) is 7.09. The summed E-state index contributed by atoms with van der Waals surface area (Å²) in [5.41, 5.74) is 3.50. The summed E-state index contributed by atoms with van der Waals surface area (Å²) in [6.45, 7) is 1.73. The average molecular weight is 394 g/mol. The van der Waals surface area contributed by atoms with E-state index in [1.165, 1.54) is 17.7 Å². The first kappa shape index (κ1) is 19.3. The molecular formula is C24H21F3N2. The molecule has 0 unspecified atom stereocenters. The maximum absolute atomic E-state index is 12.9. The van der Waals surface area contributed by atoms with E-state index in [0.717, 1.165) is 29.1 Å². The van der Waals surface area contributed by atoms with Crippen LogP contribution in [0.5, 0.6) is 0 Å². The molecule has 4 rings (SSSR count). The zero-order valence-electron chi connectivity index (χ0n) is 15.8. The van der Waals surface area contributed by atoms with Crippen molar-refractivity contribution in [1.29, 1.82) is 0 Å². The zero-order valence-corrected chi connectivity index (χ0v) is 15.8. The molecule has 0 bridgehead atoms. The molecule has 0 fully saturated rings. The molecule has 0 radical (unpaired) electrons. The fraction of sp³-hybridized carbons (Fsp3) is 0.167. The Labute approximate surface area is 167 Å². The molecule has 0 aliphatic rings. The SMILES string of the molecule is FC(F)(F)c1cccc(CNCc2cn(Cc3ccccc3)c3ccccc23)c1. The molecular weight excluding hydrogens is 373 g/mol. The van der Waals surface area contributed by atoms with Gasteiger partial charge in [0.15, 0.2) is 0 Å². The summed E-state index contributed by atoms with van der Waals surface area (Å²) in [6, 6.07) is 23.9. The Hall–Kier alpha value is -3.05. The fourth-order valence-electron chi connectivity index (χ4n) is 3.57. The quantitative estimate of drug-likeness (QED) is 0.425. The van der Waals surface area contributed by atoms with Gasteiger partial charge in [-0.05, 0) is 28.8 Å². The number of nitrogens with zero attached hydrogens (tertiary/aromatic N) is 1. The normalized spacial score (nSPS) is 11.8. The van der Waals surface area contributed by atoms with Crippen LogP contribution in [-0.2, 0) is 25.8 Å². The van der Waals surface area contributed by atoms with Crippen molar-refractivity contribution in [2.75, 3.05) is 0 Å². The number of benzene rings is 3. The summed E-state index contributed by atoms with van der Waals surface area (Å²) < 4.78 is 40.9. The fourth-order valence-corrected chi connectivity index (χ4v) is 3.57. The minimum Gasteiger partial charge on any atom is -0.343 e. The number of hydrogen-bond acceptors (Lipinski definition) is 1. The van der Waals surface area contributed by atoms with E-state index >= 15 is 0 Å². The van der Waals surface area contributed by atoms with Crippen molar-refractivity contribution in [3.05, 3.63) is 107 Å². The zero-order chi connectivity index (χ0) is 20.3. The molecule has 29 heavy (non-hydrogen) atoms. The average Bonchev–Trinajstić information content (AvgIpc) is 3.06. The van der Waals surface area contributed by atoms with Crippen LogP contribution >= 0.6 is 0 Å². The van der Waals surface area contributed by atoms with Crippen molar-refractivity contribution < 1.29 is 13.2 Å². The number of halogens is 3. The molecule has 5 heteroatoms. The molecule has 148 valence electrons. The van der Waals surface area contributed by atoms with E-state index in [2.05, 4.69) is 40.3 Å². The lowest BCUT2D eigenvalue weighted by atomic mass is 10.1. The monoisotopic (exact) mass is 394 g/mol. The first-order valence-corrected chi connectivity index (χ1v) is 9.48. The first-order valence-electron chi connectivity index (χ1n) is 9.48. The van der Waals surface area contributed by atoms with Gasteiger partial charge < -0.3 is 9.88 Å². The first-order chi connectivity index (χ1) is 14.0. The smallest absolute Gasteiger partial charge is 0.343 e. The Bertz CT molecular complexity index is 1100. The van der Waals surface area contributed by atoms with Crippen LogP contribution in [0.4, 0.5) is 13.2 Å². The minimum absolute atomic E-state index is 0.377. The molecule has 0 spiro atoms. The molecule has 0 saturated carbocycles. The van der Waals surface area contributed by atoms with Gasteiger partial charge in [-0.1, -0.05) is 66.7 Å². The van der Waals surface area contributed by atoms with E-state index in [-0.39, 0.29) is 0 Å². The van der Waals surface area contributed by atoms with Crippen molar-refractivity contribution in [1.82, 2.24) is 9.88 Å². The Balaban J connectivity index is 1.50. The summed E-state index contributed by atoms with van der Waals surface area (Å²) >= 11 is 0. The lowest BCUT2D eigenvalue weighted by Gasteiger charge is -2.09. The highest BCUT2D eigenvalue weighted by atomic mass is 19.4. The number of para-hydroxylation sites is 1. The van der Waals surface area contributed by atoms with E-state index in [0.29, 0.717) is 18.7 Å². The van der Waals surface area contributed by atoms with Crippen molar-refractivity contribution in [2.45, 2.75) is 25.8 Å². The van der Waals surface area contributed by atoms with Crippen LogP contribution in [0.1, 0.15) is 22.3 Å². The summed E-state index contributed by atoms with van der Waals surface area (Å²) in [7, 11) is 0. The Morgan fingerprint density at radius 2 is 1.48 bits per heavy atom. The van der Waals surface area contributed by atoms with E-state index in [4.69, 9.17) is 0 Å². The van der Waals surface area contributed by atoms with E-state index in [1.807, 2.05) is 30.3 Å². The van der Waals surface area contributed by atoms with Gasteiger partial charge in [0.25, 0.3) is 0 Å². The third-order valence-corrected chi connectivity index (χ3v) is 4.97. The predicted molar refractivity (Wildman–Crippen MR) is 109 cm³/mol. The molecule has 0 aliphatic carbocycles. The van der Waals surface area contributed by atoms with Gasteiger partial charge >= 0.3 is 6.18 Å². The molecule has 1 heterocycles. The van der Waals surface area contributed by atoms with Gasteiger partial charge in [0.2, 0.25) is 0 Å². The van der Waals surface area contributed by atoms with Gasteiger partial charge in [-0.2, -0.15) is 13.2 Å². The number of alkyl halides is 3. The van der Waals surface area contributed by atoms with Crippen molar-refractivity contribution >= 4 is 10.9 Å². The van der Waals surface area contributed by atoms with E-state index in [1.54, 1.807) is 6.07 Å². The largest absolute Gasteiger partial charge is 0.416 e. The third-order valence-electron chi connectivity index (χ3n) is 4.97. The van der Waals surface area contributed by atoms with Crippen molar-refractivity contribution in [3.63, 3.8) is 0 Å². The molecule has 1 aromatic heterocycles. The lowest BCUT2D eigenvalue weighted by molar-refractivity contribution is -0.137. The number of fused-ring (bicyclic) bond motifs is 1. The standard InChI is InChI=1S/C24H21F3N2/c25-24(26,27)21-10-6-9-19(13-21)14-28-15-20-17-29(16-18-7-2-1-3-8-18)23-12-5-4-11-22(20)23/h1-13,17,28H,14-16H2. The Kier molecular flexibility index (Phi) is 5.41. The van der Waals surface area contributed by atoms with Crippen LogP contribution in [-0.4, -0.2) is 4.57 Å². The predicted octanol–water partition coefficient (Wildman–Crippen LogP) is 6.00. The van der Waals surface area contributed by atoms with Crippen LogP contribution in [0.3, 0.4) is 0 Å². The molecule has 1 N–H and O–H groups in total. The molecule has 0 atom stereocenters. The number of rotatable bonds is 6. The molecule has 2 nitrogen and oxygen atoms in total. The number of hydrogen-bond donors (Lipinski definition) is 1. The van der Waals surface area contributed by atoms with Crippen LogP contribution in [0.25, 0.3) is 10.9 Å². The highest BCUT2D eigenvalue weighted by molar-refractivity contribution is 5.84. The topological polar surface area (TPSA) is 17.0 Å². The van der Waals surface area contributed by atoms with Crippen molar-refractivity contribution in [3.8, 4) is 0 Å². The maximum Gasteiger partial charge on any atom is 0.416 e. The third kappa shape index (κ3) is 4.51. The summed E-state index contributed by atoms with van der Waals surface area (Å²) in [6.07, 6.45) is -2.20. The van der Waals surface area contributed by atoms with E-state index in [9.17, 15) is 13.2 Å². The number of aromatic nitrogens is 1. The van der Waals surface area contributed by atoms with Crippen LogP contribution in [0, 0.1) is 0 Å². The molecule has 0 amide bonds. The lowest BCUT2D eigenvalue weighted by Crippen LogP contribution is -2.13. The van der Waals surface area contributed by atoms with Crippen LogP contribution in [0.15, 0.2) is 85.1 Å². The Morgan fingerprint density at radius 3 is 2.28 bits per heavy atom. The van der Waals surface area contributed by atoms with Crippen LogP contribution in [0.2, 0.25) is 0 Å². The van der Waals surface area contributed by atoms with Gasteiger partial charge in [-0.15, -0.1) is 0 Å². The minimum atomic E-state index is -4.32. The molecule has 0 saturated heterocycles. The van der Waals surface area contributed by atoms with Crippen molar-refractivity contribution in [2.24, 2.45) is 0 Å². The Morgan fingerprint density at radius 1 is 0.759 bits per heavy atom. The van der Waals surface area contributed by atoms with Gasteiger partial charge in [0.1, 0.15) is 0 Å². The maximum atomic E-state index is 12.9. The highest BCUT2D eigenvalue weighted by Crippen LogP contribution is 2.29.